The van der Waals surface area contributed by atoms with E-state index in [1.807, 2.05) is 18.2 Å². The van der Waals surface area contributed by atoms with Crippen LogP contribution in [0.4, 0.5) is 11.6 Å². The summed E-state index contributed by atoms with van der Waals surface area (Å²) < 4.78 is 12.1. The van der Waals surface area contributed by atoms with E-state index >= 15 is 0 Å². The Morgan fingerprint density at radius 3 is 2.64 bits per heavy atom. The molecule has 33 heavy (non-hydrogen) atoms. The standard InChI is InChI=1S/C23H24N4O6/c1-3-33-22(29)19-20(15-9-4-6-11-17(15)27(30)31)26-18-12-7-5-10-16(18)24-23(26)25(21(19)28)13-8-14-32-2/h4-7,9-12,19-20H,3,8,13-14H2,1-2H3/t19-,20-/m1/s1. The highest BCUT2D eigenvalue weighted by molar-refractivity contribution is 6.08. The van der Waals surface area contributed by atoms with E-state index in [2.05, 4.69) is 4.98 Å². The molecule has 4 rings (SSSR count). The van der Waals surface area contributed by atoms with E-state index < -0.39 is 28.8 Å². The number of nitro benzene ring substituents is 1. The minimum Gasteiger partial charge on any atom is -0.465 e. The molecule has 2 aromatic carbocycles. The van der Waals surface area contributed by atoms with Crippen molar-refractivity contribution in [1.82, 2.24) is 9.55 Å². The molecule has 1 aromatic heterocycles. The summed E-state index contributed by atoms with van der Waals surface area (Å²) in [5.74, 6) is -2.21. The third-order valence-corrected chi connectivity index (χ3v) is 5.67. The summed E-state index contributed by atoms with van der Waals surface area (Å²) in [5.41, 5.74) is 1.34. The lowest BCUT2D eigenvalue weighted by atomic mass is 9.88. The summed E-state index contributed by atoms with van der Waals surface area (Å²) in [5, 5.41) is 11.9. The van der Waals surface area contributed by atoms with Gasteiger partial charge in [-0.1, -0.05) is 30.3 Å². The van der Waals surface area contributed by atoms with Crippen molar-refractivity contribution in [3.8, 4) is 0 Å². The van der Waals surface area contributed by atoms with Crippen LogP contribution in [0.25, 0.3) is 11.0 Å². The third-order valence-electron chi connectivity index (χ3n) is 5.67. The Balaban J connectivity index is 2.00. The summed E-state index contributed by atoms with van der Waals surface area (Å²) in [6.07, 6.45) is 0.525. The van der Waals surface area contributed by atoms with Gasteiger partial charge in [0.15, 0.2) is 5.92 Å². The zero-order chi connectivity index (χ0) is 23.5. The highest BCUT2D eigenvalue weighted by atomic mass is 16.6. The molecule has 3 aromatic rings. The Morgan fingerprint density at radius 2 is 1.91 bits per heavy atom. The second kappa shape index (κ2) is 9.37. The Morgan fingerprint density at radius 1 is 1.18 bits per heavy atom. The first kappa shape index (κ1) is 22.4. The Hall–Kier alpha value is -3.79. The molecule has 0 saturated carbocycles. The summed E-state index contributed by atoms with van der Waals surface area (Å²) in [6.45, 7) is 2.42. The van der Waals surface area contributed by atoms with E-state index in [4.69, 9.17) is 9.47 Å². The number of benzene rings is 2. The van der Waals surface area contributed by atoms with Crippen LogP contribution in [0.3, 0.4) is 0 Å². The quantitative estimate of drug-likeness (QED) is 0.169. The number of amides is 1. The molecule has 0 aliphatic carbocycles. The van der Waals surface area contributed by atoms with E-state index in [1.165, 1.54) is 11.0 Å². The number of fused-ring (bicyclic) bond motifs is 3. The molecular formula is C23H24N4O6. The summed E-state index contributed by atoms with van der Waals surface area (Å²) >= 11 is 0. The number of para-hydroxylation sites is 3. The monoisotopic (exact) mass is 452 g/mol. The fourth-order valence-electron chi connectivity index (χ4n) is 4.31. The number of aromatic nitrogens is 2. The van der Waals surface area contributed by atoms with Crippen LogP contribution in [0.5, 0.6) is 0 Å². The van der Waals surface area contributed by atoms with E-state index in [0.29, 0.717) is 30.0 Å². The van der Waals surface area contributed by atoms with Gasteiger partial charge in [-0.05, 0) is 25.5 Å². The highest BCUT2D eigenvalue weighted by Gasteiger charge is 2.49. The van der Waals surface area contributed by atoms with Crippen LogP contribution in [-0.4, -0.2) is 53.2 Å². The van der Waals surface area contributed by atoms with Crippen molar-refractivity contribution in [3.63, 3.8) is 0 Å². The molecule has 0 radical (unpaired) electrons. The zero-order valence-electron chi connectivity index (χ0n) is 18.3. The molecule has 2 heterocycles. The number of methoxy groups -OCH3 is 1. The number of imidazole rings is 1. The lowest BCUT2D eigenvalue weighted by Crippen LogP contribution is -2.50. The average molecular weight is 452 g/mol. The molecule has 0 spiro atoms. The molecule has 1 aliphatic heterocycles. The normalized spacial score (nSPS) is 17.8. The van der Waals surface area contributed by atoms with Gasteiger partial charge in [0.25, 0.3) is 5.69 Å². The van der Waals surface area contributed by atoms with Gasteiger partial charge in [0.2, 0.25) is 11.9 Å². The van der Waals surface area contributed by atoms with Crippen LogP contribution in [0.2, 0.25) is 0 Å². The zero-order valence-corrected chi connectivity index (χ0v) is 18.3. The summed E-state index contributed by atoms with van der Waals surface area (Å²) in [7, 11) is 1.57. The van der Waals surface area contributed by atoms with Crippen LogP contribution in [0, 0.1) is 16.0 Å². The molecular weight excluding hydrogens is 428 g/mol. The number of esters is 1. The first-order valence-electron chi connectivity index (χ1n) is 10.7. The van der Waals surface area contributed by atoms with Gasteiger partial charge in [-0.2, -0.15) is 0 Å². The van der Waals surface area contributed by atoms with Crippen molar-refractivity contribution >= 4 is 34.5 Å². The lowest BCUT2D eigenvalue weighted by Gasteiger charge is -2.37. The maximum absolute atomic E-state index is 13.7. The summed E-state index contributed by atoms with van der Waals surface area (Å²) in [6, 6.07) is 12.4. The third kappa shape index (κ3) is 3.93. The number of hydrogen-bond acceptors (Lipinski definition) is 7. The van der Waals surface area contributed by atoms with E-state index in [1.54, 1.807) is 42.9 Å². The van der Waals surface area contributed by atoms with Crippen LogP contribution < -0.4 is 4.90 Å². The van der Waals surface area contributed by atoms with Crippen LogP contribution in [0.15, 0.2) is 48.5 Å². The van der Waals surface area contributed by atoms with Crippen molar-refractivity contribution < 1.29 is 24.0 Å². The van der Waals surface area contributed by atoms with Crippen molar-refractivity contribution in [2.24, 2.45) is 5.92 Å². The number of hydrogen-bond donors (Lipinski definition) is 0. The number of nitrogens with zero attached hydrogens (tertiary/aromatic N) is 4. The SMILES string of the molecule is CCOC(=O)[C@H]1C(=O)N(CCCOC)c2nc3ccccc3n2[C@@H]1c1ccccc1[N+](=O)[O-]. The predicted molar refractivity (Wildman–Crippen MR) is 120 cm³/mol. The number of ether oxygens (including phenoxy) is 2. The molecule has 2 atom stereocenters. The Bertz CT molecular complexity index is 1210. The van der Waals surface area contributed by atoms with E-state index in [-0.39, 0.29) is 24.4 Å². The molecule has 10 nitrogen and oxygen atoms in total. The van der Waals surface area contributed by atoms with E-state index in [0.717, 1.165) is 0 Å². The van der Waals surface area contributed by atoms with Gasteiger partial charge in [0.05, 0.1) is 34.2 Å². The van der Waals surface area contributed by atoms with Gasteiger partial charge in [0, 0.05) is 26.3 Å². The molecule has 1 aliphatic rings. The second-order valence-electron chi connectivity index (χ2n) is 7.60. The van der Waals surface area contributed by atoms with E-state index in [9.17, 15) is 19.7 Å². The van der Waals surface area contributed by atoms with Crippen LogP contribution in [0.1, 0.15) is 24.9 Å². The Kier molecular flexibility index (Phi) is 6.36. The first-order valence-corrected chi connectivity index (χ1v) is 10.7. The molecule has 172 valence electrons. The smallest absolute Gasteiger partial charge is 0.321 e. The van der Waals surface area contributed by atoms with Gasteiger partial charge in [0.1, 0.15) is 0 Å². The fourth-order valence-corrected chi connectivity index (χ4v) is 4.31. The van der Waals surface area contributed by atoms with Gasteiger partial charge in [-0.3, -0.25) is 24.6 Å². The highest BCUT2D eigenvalue weighted by Crippen LogP contribution is 2.43. The summed E-state index contributed by atoms with van der Waals surface area (Å²) in [4.78, 5) is 44.3. The van der Waals surface area contributed by atoms with Crippen molar-refractivity contribution in [3.05, 3.63) is 64.2 Å². The van der Waals surface area contributed by atoms with Gasteiger partial charge < -0.3 is 14.0 Å². The molecule has 0 bridgehead atoms. The maximum Gasteiger partial charge on any atom is 0.321 e. The van der Waals surface area contributed by atoms with Gasteiger partial charge in [-0.25, -0.2) is 4.98 Å². The van der Waals surface area contributed by atoms with Crippen molar-refractivity contribution in [2.75, 3.05) is 31.8 Å². The molecule has 1 amide bonds. The molecule has 0 saturated heterocycles. The number of rotatable bonds is 8. The Labute approximate surface area is 189 Å². The minimum absolute atomic E-state index is 0.0768. The number of carbonyl (C=O) groups excluding carboxylic acids is 2. The minimum atomic E-state index is -1.31. The molecule has 10 heteroatoms. The largest absolute Gasteiger partial charge is 0.465 e. The second-order valence-corrected chi connectivity index (χ2v) is 7.60. The van der Waals surface area contributed by atoms with Gasteiger partial charge >= 0.3 is 5.97 Å². The lowest BCUT2D eigenvalue weighted by molar-refractivity contribution is -0.385. The molecule has 0 unspecified atom stereocenters. The predicted octanol–water partition coefficient (Wildman–Crippen LogP) is 3.10. The van der Waals surface area contributed by atoms with Crippen LogP contribution >= 0.6 is 0 Å². The van der Waals surface area contributed by atoms with Crippen LogP contribution in [-0.2, 0) is 19.1 Å². The maximum atomic E-state index is 13.7. The number of carbonyl (C=O) groups is 2. The molecule has 0 N–H and O–H groups in total. The first-order chi connectivity index (χ1) is 16.0. The average Bonchev–Trinajstić information content (AvgIpc) is 3.19. The topological polar surface area (TPSA) is 117 Å². The van der Waals surface area contributed by atoms with Gasteiger partial charge in [-0.15, -0.1) is 0 Å². The van der Waals surface area contributed by atoms with Crippen molar-refractivity contribution in [2.45, 2.75) is 19.4 Å². The number of anilines is 1. The number of nitro groups is 1. The molecule has 0 fully saturated rings. The van der Waals surface area contributed by atoms with Crippen molar-refractivity contribution in [1.29, 1.82) is 0 Å². The fraction of sp³-hybridized carbons (Fsp3) is 0.348.